The lowest BCUT2D eigenvalue weighted by Crippen LogP contribution is -2.35. The van der Waals surface area contributed by atoms with Crippen molar-refractivity contribution < 1.29 is 27.1 Å². The Morgan fingerprint density at radius 2 is 2.10 bits per heavy atom. The van der Waals surface area contributed by atoms with E-state index in [0.717, 1.165) is 6.07 Å². The van der Waals surface area contributed by atoms with Crippen molar-refractivity contribution in [2.75, 3.05) is 25.6 Å². The van der Waals surface area contributed by atoms with E-state index in [1.54, 1.807) is 6.07 Å². The lowest BCUT2D eigenvalue weighted by molar-refractivity contribution is 0.102. The van der Waals surface area contributed by atoms with E-state index in [2.05, 4.69) is 10.0 Å². The predicted molar refractivity (Wildman–Crippen MR) is 102 cm³/mol. The van der Waals surface area contributed by atoms with Gasteiger partial charge in [-0.3, -0.25) is 4.79 Å². The third kappa shape index (κ3) is 4.71. The van der Waals surface area contributed by atoms with Crippen LogP contribution in [0.3, 0.4) is 0 Å². The van der Waals surface area contributed by atoms with E-state index in [1.807, 2.05) is 0 Å². The van der Waals surface area contributed by atoms with E-state index in [-0.39, 0.29) is 40.1 Å². The molecule has 2 aromatic rings. The highest BCUT2D eigenvalue weighted by atomic mass is 32.2. The second kappa shape index (κ2) is 8.57. The molecule has 152 valence electrons. The van der Waals surface area contributed by atoms with E-state index in [0.29, 0.717) is 13.0 Å². The molecule has 1 aliphatic rings. The minimum atomic E-state index is -3.87. The van der Waals surface area contributed by atoms with Gasteiger partial charge in [-0.25, -0.2) is 17.5 Å². The van der Waals surface area contributed by atoms with Crippen LogP contribution in [-0.4, -0.2) is 40.7 Å². The summed E-state index contributed by atoms with van der Waals surface area (Å²) < 4.78 is 51.9. The van der Waals surface area contributed by atoms with Crippen LogP contribution in [0.1, 0.15) is 22.3 Å². The molecule has 1 amide bonds. The Labute approximate surface area is 167 Å². The number of halogens is 1. The summed E-state index contributed by atoms with van der Waals surface area (Å²) in [5, 5.41) is 11.3. The van der Waals surface area contributed by atoms with Crippen LogP contribution in [0.25, 0.3) is 0 Å². The maximum absolute atomic E-state index is 13.8. The first-order valence-electron chi connectivity index (χ1n) is 8.63. The van der Waals surface area contributed by atoms with E-state index in [9.17, 15) is 17.6 Å². The fourth-order valence-electron chi connectivity index (χ4n) is 2.83. The summed E-state index contributed by atoms with van der Waals surface area (Å²) in [5.74, 6) is -1.32. The van der Waals surface area contributed by atoms with E-state index in [1.165, 1.54) is 37.4 Å². The molecule has 0 spiro atoms. The van der Waals surface area contributed by atoms with Crippen molar-refractivity contribution in [3.05, 3.63) is 53.3 Å². The SMILES string of the molecule is COc1ccc(S(=O)(=O)N[C@H]2CCOC2)cc1C(=O)Nc1ccc(C#N)c(F)c1. The highest BCUT2D eigenvalue weighted by Crippen LogP contribution is 2.25. The molecule has 29 heavy (non-hydrogen) atoms. The zero-order valence-electron chi connectivity index (χ0n) is 15.4. The van der Waals surface area contributed by atoms with Gasteiger partial charge in [0.05, 0.1) is 29.7 Å². The molecule has 1 aliphatic heterocycles. The van der Waals surface area contributed by atoms with Crippen LogP contribution in [0.5, 0.6) is 5.75 Å². The molecular weight excluding hydrogens is 401 g/mol. The van der Waals surface area contributed by atoms with Crippen molar-refractivity contribution in [1.82, 2.24) is 4.72 Å². The van der Waals surface area contributed by atoms with Crippen molar-refractivity contribution in [2.45, 2.75) is 17.4 Å². The first-order valence-corrected chi connectivity index (χ1v) is 10.1. The van der Waals surface area contributed by atoms with Gasteiger partial charge in [0.1, 0.15) is 17.6 Å². The minimum absolute atomic E-state index is 0.0391. The Hall–Kier alpha value is -3.00. The van der Waals surface area contributed by atoms with Crippen molar-refractivity contribution in [2.24, 2.45) is 0 Å². The quantitative estimate of drug-likeness (QED) is 0.740. The number of methoxy groups -OCH3 is 1. The highest BCUT2D eigenvalue weighted by molar-refractivity contribution is 7.89. The number of nitrogens with one attached hydrogen (secondary N) is 2. The molecule has 1 atom stereocenters. The summed E-state index contributed by atoms with van der Waals surface area (Å²) >= 11 is 0. The smallest absolute Gasteiger partial charge is 0.259 e. The van der Waals surface area contributed by atoms with Crippen LogP contribution in [0.2, 0.25) is 0 Å². The number of carbonyl (C=O) groups is 1. The molecule has 2 aromatic carbocycles. The Morgan fingerprint density at radius 3 is 2.72 bits per heavy atom. The molecule has 3 rings (SSSR count). The lowest BCUT2D eigenvalue weighted by atomic mass is 10.1. The third-order valence-electron chi connectivity index (χ3n) is 4.32. The number of benzene rings is 2. The van der Waals surface area contributed by atoms with Crippen molar-refractivity contribution >= 4 is 21.6 Å². The molecule has 0 bridgehead atoms. The van der Waals surface area contributed by atoms with Crippen LogP contribution in [-0.2, 0) is 14.8 Å². The van der Waals surface area contributed by atoms with Crippen molar-refractivity contribution in [3.63, 3.8) is 0 Å². The van der Waals surface area contributed by atoms with Gasteiger partial charge in [-0.2, -0.15) is 5.26 Å². The number of hydrogen-bond donors (Lipinski definition) is 2. The Kier molecular flexibility index (Phi) is 6.12. The molecule has 10 heteroatoms. The zero-order chi connectivity index (χ0) is 21.0. The monoisotopic (exact) mass is 419 g/mol. The molecule has 1 fully saturated rings. The van der Waals surface area contributed by atoms with Crippen LogP contribution < -0.4 is 14.8 Å². The Morgan fingerprint density at radius 1 is 1.31 bits per heavy atom. The number of amides is 1. The predicted octanol–water partition coefficient (Wildman–Crippen LogP) is 2.03. The van der Waals surface area contributed by atoms with Gasteiger partial charge in [0, 0.05) is 18.3 Å². The third-order valence-corrected chi connectivity index (χ3v) is 5.84. The average molecular weight is 419 g/mol. The van der Waals surface area contributed by atoms with Gasteiger partial charge in [0.15, 0.2) is 0 Å². The summed E-state index contributed by atoms with van der Waals surface area (Å²) in [6, 6.07) is 8.85. The number of sulfonamides is 1. The van der Waals surface area contributed by atoms with Crippen LogP contribution in [0, 0.1) is 17.1 Å². The Balaban J connectivity index is 1.87. The van der Waals surface area contributed by atoms with Crippen molar-refractivity contribution in [3.8, 4) is 11.8 Å². The molecule has 0 aromatic heterocycles. The highest BCUT2D eigenvalue weighted by Gasteiger charge is 2.25. The van der Waals surface area contributed by atoms with E-state index in [4.69, 9.17) is 14.7 Å². The number of nitriles is 1. The lowest BCUT2D eigenvalue weighted by Gasteiger charge is -2.14. The second-order valence-electron chi connectivity index (χ2n) is 6.30. The fraction of sp³-hybridized carbons (Fsp3) is 0.263. The van der Waals surface area contributed by atoms with Gasteiger partial charge in [-0.15, -0.1) is 0 Å². The molecule has 1 heterocycles. The van der Waals surface area contributed by atoms with Crippen LogP contribution >= 0.6 is 0 Å². The van der Waals surface area contributed by atoms with Gasteiger partial charge in [-0.05, 0) is 42.8 Å². The molecule has 0 saturated carbocycles. The zero-order valence-corrected chi connectivity index (χ0v) is 16.3. The summed E-state index contributed by atoms with van der Waals surface area (Å²) in [5.41, 5.74) is -0.0819. The molecule has 8 nitrogen and oxygen atoms in total. The first-order chi connectivity index (χ1) is 13.8. The molecule has 0 aliphatic carbocycles. The van der Waals surface area contributed by atoms with Crippen LogP contribution in [0.15, 0.2) is 41.3 Å². The largest absolute Gasteiger partial charge is 0.496 e. The topological polar surface area (TPSA) is 118 Å². The maximum Gasteiger partial charge on any atom is 0.259 e. The molecule has 2 N–H and O–H groups in total. The average Bonchev–Trinajstić information content (AvgIpc) is 3.19. The first kappa shape index (κ1) is 20.7. The molecular formula is C19H18FN3O5S. The van der Waals surface area contributed by atoms with Crippen LogP contribution in [0.4, 0.5) is 10.1 Å². The summed E-state index contributed by atoms with van der Waals surface area (Å²) in [7, 11) is -2.53. The normalized spacial score (nSPS) is 16.2. The number of rotatable bonds is 6. The summed E-state index contributed by atoms with van der Waals surface area (Å²) in [6.45, 7) is 0.761. The number of hydrogen-bond acceptors (Lipinski definition) is 6. The van der Waals surface area contributed by atoms with Gasteiger partial charge < -0.3 is 14.8 Å². The minimum Gasteiger partial charge on any atom is -0.496 e. The molecule has 0 radical (unpaired) electrons. The summed E-state index contributed by atoms with van der Waals surface area (Å²) in [4.78, 5) is 12.6. The van der Waals surface area contributed by atoms with Crippen molar-refractivity contribution in [1.29, 1.82) is 5.26 Å². The maximum atomic E-state index is 13.8. The number of ether oxygens (including phenoxy) is 2. The molecule has 0 unspecified atom stereocenters. The van der Waals surface area contributed by atoms with Gasteiger partial charge in [0.2, 0.25) is 10.0 Å². The van der Waals surface area contributed by atoms with Gasteiger partial charge in [-0.1, -0.05) is 0 Å². The van der Waals surface area contributed by atoms with E-state index >= 15 is 0 Å². The number of carbonyl (C=O) groups excluding carboxylic acids is 1. The number of anilines is 1. The summed E-state index contributed by atoms with van der Waals surface area (Å²) in [6.07, 6.45) is 0.562. The fourth-order valence-corrected chi connectivity index (χ4v) is 4.11. The van der Waals surface area contributed by atoms with Gasteiger partial charge >= 0.3 is 0 Å². The van der Waals surface area contributed by atoms with E-state index < -0.39 is 21.7 Å². The Bertz CT molecular complexity index is 1080. The van der Waals surface area contributed by atoms with Gasteiger partial charge in [0.25, 0.3) is 5.91 Å². The standard InChI is InChI=1S/C19H18FN3O5S/c1-27-18-5-4-15(29(25,26)23-14-6-7-28-11-14)9-16(18)19(24)22-13-3-2-12(10-21)17(20)8-13/h2-5,8-9,14,23H,6-7,11H2,1H3,(H,22,24)/t14-/m0/s1. The second-order valence-corrected chi connectivity index (χ2v) is 8.02. The number of nitrogens with zero attached hydrogens (tertiary/aromatic N) is 1. The molecule has 1 saturated heterocycles.